The summed E-state index contributed by atoms with van der Waals surface area (Å²) < 4.78 is 21.2. The Morgan fingerprint density at radius 1 is 1.11 bits per heavy atom. The van der Waals surface area contributed by atoms with Gasteiger partial charge in [-0.25, -0.2) is 9.37 Å². The van der Waals surface area contributed by atoms with Gasteiger partial charge in [-0.3, -0.25) is 19.5 Å². The predicted molar refractivity (Wildman–Crippen MR) is 141 cm³/mol. The van der Waals surface area contributed by atoms with Gasteiger partial charge in [0.1, 0.15) is 18.1 Å². The number of ether oxygens (including phenoxy) is 1. The van der Waals surface area contributed by atoms with Crippen LogP contribution in [0, 0.1) is 12.7 Å². The number of carbonyl (C=O) groups is 2. The monoisotopic (exact) mass is 498 g/mol. The first-order valence-corrected chi connectivity index (χ1v) is 11.6. The largest absolute Gasteiger partial charge is 0.497 e. The fraction of sp³-hybridized carbons (Fsp3) is 0.138. The lowest BCUT2D eigenvalue weighted by Crippen LogP contribution is -2.38. The molecule has 7 nitrogen and oxygen atoms in total. The van der Waals surface area contributed by atoms with Crippen molar-refractivity contribution in [2.45, 2.75) is 6.92 Å². The van der Waals surface area contributed by atoms with Crippen LogP contribution in [0.5, 0.6) is 5.75 Å². The van der Waals surface area contributed by atoms with Crippen molar-refractivity contribution in [3.05, 3.63) is 109 Å². The minimum absolute atomic E-state index is 0.163. The summed E-state index contributed by atoms with van der Waals surface area (Å²) in [6.07, 6.45) is 3.28. The number of hydrogen-bond donors (Lipinski definition) is 1. The van der Waals surface area contributed by atoms with Crippen LogP contribution in [-0.4, -0.2) is 46.5 Å². The van der Waals surface area contributed by atoms with Crippen LogP contribution >= 0.6 is 0 Å². The minimum atomic E-state index is -0.461. The van der Waals surface area contributed by atoms with Crippen molar-refractivity contribution in [3.8, 4) is 22.7 Å². The molecule has 37 heavy (non-hydrogen) atoms. The van der Waals surface area contributed by atoms with Crippen molar-refractivity contribution in [1.82, 2.24) is 14.5 Å². The van der Waals surface area contributed by atoms with Crippen LogP contribution in [-0.2, 0) is 4.79 Å². The van der Waals surface area contributed by atoms with Crippen molar-refractivity contribution >= 4 is 17.8 Å². The van der Waals surface area contributed by atoms with E-state index < -0.39 is 5.91 Å². The average Bonchev–Trinajstić information content (AvgIpc) is 3.33. The number of aryl methyl sites for hydroxylation is 1. The second-order valence-electron chi connectivity index (χ2n) is 8.37. The van der Waals surface area contributed by atoms with Crippen molar-refractivity contribution in [1.29, 1.82) is 0 Å². The Hall–Kier alpha value is -4.72. The Balaban J connectivity index is 1.62. The molecule has 0 aliphatic heterocycles. The first kappa shape index (κ1) is 25.4. The second-order valence-corrected chi connectivity index (χ2v) is 8.37. The van der Waals surface area contributed by atoms with Crippen LogP contribution in [0.4, 0.5) is 10.3 Å². The van der Waals surface area contributed by atoms with E-state index in [2.05, 4.69) is 16.9 Å². The first-order chi connectivity index (χ1) is 17.9. The summed E-state index contributed by atoms with van der Waals surface area (Å²) in [5.74, 6) is -0.431. The summed E-state index contributed by atoms with van der Waals surface area (Å²) in [6.45, 7) is 5.31. The van der Waals surface area contributed by atoms with Gasteiger partial charge in [0.25, 0.3) is 5.91 Å². The van der Waals surface area contributed by atoms with Crippen molar-refractivity contribution in [2.75, 3.05) is 25.5 Å². The van der Waals surface area contributed by atoms with Gasteiger partial charge in [0.05, 0.1) is 18.5 Å². The molecule has 0 spiro atoms. The highest BCUT2D eigenvalue weighted by Crippen LogP contribution is 2.25. The SMILES string of the molecule is C=CCN(CC(=O)Nc1nc(-c2ccccc2)cn1-c1ccc(C)c(F)c1)C(=O)c1cccc(OC)c1. The molecule has 1 N–H and O–H groups in total. The van der Waals surface area contributed by atoms with E-state index in [0.717, 1.165) is 5.56 Å². The molecular formula is C29H27FN4O3. The number of anilines is 1. The zero-order valence-electron chi connectivity index (χ0n) is 20.6. The number of methoxy groups -OCH3 is 1. The van der Waals surface area contributed by atoms with Gasteiger partial charge in [-0.15, -0.1) is 6.58 Å². The van der Waals surface area contributed by atoms with E-state index in [1.807, 2.05) is 30.3 Å². The molecular weight excluding hydrogens is 471 g/mol. The number of imidazole rings is 1. The number of nitrogens with zero attached hydrogens (tertiary/aromatic N) is 3. The minimum Gasteiger partial charge on any atom is -0.497 e. The molecule has 0 unspecified atom stereocenters. The lowest BCUT2D eigenvalue weighted by atomic mass is 10.2. The van der Waals surface area contributed by atoms with Crippen molar-refractivity contribution < 1.29 is 18.7 Å². The molecule has 0 fully saturated rings. The van der Waals surface area contributed by atoms with Gasteiger partial charge in [-0.1, -0.05) is 48.5 Å². The van der Waals surface area contributed by atoms with Crippen molar-refractivity contribution in [3.63, 3.8) is 0 Å². The number of benzene rings is 3. The molecule has 0 aliphatic rings. The molecule has 1 aromatic heterocycles. The number of hydrogen-bond acceptors (Lipinski definition) is 4. The zero-order chi connectivity index (χ0) is 26.4. The van der Waals surface area contributed by atoms with E-state index in [0.29, 0.717) is 28.3 Å². The maximum atomic E-state index is 14.4. The van der Waals surface area contributed by atoms with Crippen LogP contribution < -0.4 is 10.1 Å². The summed E-state index contributed by atoms with van der Waals surface area (Å²) in [5, 5.41) is 2.79. The highest BCUT2D eigenvalue weighted by molar-refractivity contribution is 5.99. The zero-order valence-corrected chi connectivity index (χ0v) is 20.6. The van der Waals surface area contributed by atoms with Crippen LogP contribution in [0.2, 0.25) is 0 Å². The van der Waals surface area contributed by atoms with E-state index in [1.165, 1.54) is 18.1 Å². The first-order valence-electron chi connectivity index (χ1n) is 11.6. The van der Waals surface area contributed by atoms with Gasteiger partial charge in [-0.05, 0) is 42.8 Å². The van der Waals surface area contributed by atoms with Gasteiger partial charge in [0.15, 0.2) is 0 Å². The van der Waals surface area contributed by atoms with E-state index in [1.54, 1.807) is 60.2 Å². The van der Waals surface area contributed by atoms with E-state index in [-0.39, 0.29) is 30.8 Å². The highest BCUT2D eigenvalue weighted by atomic mass is 19.1. The number of carbonyl (C=O) groups excluding carboxylic acids is 2. The Labute approximate surface area is 214 Å². The smallest absolute Gasteiger partial charge is 0.254 e. The molecule has 3 aromatic carbocycles. The molecule has 0 saturated carbocycles. The fourth-order valence-corrected chi connectivity index (χ4v) is 3.80. The third-order valence-corrected chi connectivity index (χ3v) is 5.75. The quantitative estimate of drug-likeness (QED) is 0.319. The third kappa shape index (κ3) is 5.92. The molecule has 4 aromatic rings. The van der Waals surface area contributed by atoms with Crippen molar-refractivity contribution in [2.24, 2.45) is 0 Å². The van der Waals surface area contributed by atoms with Gasteiger partial charge >= 0.3 is 0 Å². The molecule has 2 amide bonds. The fourth-order valence-electron chi connectivity index (χ4n) is 3.80. The Morgan fingerprint density at radius 2 is 1.89 bits per heavy atom. The van der Waals surface area contributed by atoms with E-state index in [9.17, 15) is 14.0 Å². The predicted octanol–water partition coefficient (Wildman–Crippen LogP) is 5.26. The second kappa shape index (κ2) is 11.3. The lowest BCUT2D eigenvalue weighted by molar-refractivity contribution is -0.116. The van der Waals surface area contributed by atoms with Crippen LogP contribution in [0.1, 0.15) is 15.9 Å². The molecule has 8 heteroatoms. The topological polar surface area (TPSA) is 76.5 Å². The molecule has 188 valence electrons. The van der Waals surface area contributed by atoms with Crippen LogP contribution in [0.15, 0.2) is 91.6 Å². The molecule has 0 aliphatic carbocycles. The normalized spacial score (nSPS) is 10.6. The molecule has 0 atom stereocenters. The summed E-state index contributed by atoms with van der Waals surface area (Å²) in [5.41, 5.74) is 2.84. The summed E-state index contributed by atoms with van der Waals surface area (Å²) in [6, 6.07) is 21.0. The standard InChI is InChI=1S/C29H27FN4O3/c1-4-15-33(28(36)22-11-8-12-24(16-22)37-3)19-27(35)32-29-31-26(21-9-6-5-7-10-21)18-34(29)23-14-13-20(2)25(30)17-23/h4-14,16-18H,1,15,19H2,2-3H3,(H,31,32,35). The lowest BCUT2D eigenvalue weighted by Gasteiger charge is -2.21. The number of aromatic nitrogens is 2. The third-order valence-electron chi connectivity index (χ3n) is 5.75. The maximum Gasteiger partial charge on any atom is 0.254 e. The van der Waals surface area contributed by atoms with E-state index in [4.69, 9.17) is 4.74 Å². The maximum absolute atomic E-state index is 14.4. The Morgan fingerprint density at radius 3 is 2.59 bits per heavy atom. The average molecular weight is 499 g/mol. The molecule has 1 heterocycles. The van der Waals surface area contributed by atoms with Gasteiger partial charge in [0, 0.05) is 23.9 Å². The number of nitrogens with one attached hydrogen (secondary N) is 1. The summed E-state index contributed by atoms with van der Waals surface area (Å²) in [7, 11) is 1.52. The Kier molecular flexibility index (Phi) is 7.78. The number of halogens is 1. The summed E-state index contributed by atoms with van der Waals surface area (Å²) >= 11 is 0. The van der Waals surface area contributed by atoms with Gasteiger partial charge in [-0.2, -0.15) is 0 Å². The highest BCUT2D eigenvalue weighted by Gasteiger charge is 2.21. The molecule has 0 radical (unpaired) electrons. The van der Waals surface area contributed by atoms with Gasteiger partial charge < -0.3 is 9.64 Å². The van der Waals surface area contributed by atoms with Crippen LogP contribution in [0.25, 0.3) is 16.9 Å². The van der Waals surface area contributed by atoms with Gasteiger partial charge in [0.2, 0.25) is 11.9 Å². The molecule has 0 bridgehead atoms. The molecule has 4 rings (SSSR count). The van der Waals surface area contributed by atoms with E-state index >= 15 is 0 Å². The Bertz CT molecular complexity index is 1430. The summed E-state index contributed by atoms with van der Waals surface area (Å²) in [4.78, 5) is 32.2. The number of rotatable bonds is 9. The molecule has 0 saturated heterocycles. The number of amides is 2. The van der Waals surface area contributed by atoms with Crippen LogP contribution in [0.3, 0.4) is 0 Å².